The summed E-state index contributed by atoms with van der Waals surface area (Å²) in [4.78, 5) is 14.6. The van der Waals surface area contributed by atoms with E-state index in [1.165, 1.54) is 6.07 Å². The van der Waals surface area contributed by atoms with Crippen LogP contribution in [0.3, 0.4) is 0 Å². The third-order valence-electron chi connectivity index (χ3n) is 5.27. The molecule has 0 spiro atoms. The summed E-state index contributed by atoms with van der Waals surface area (Å²) in [5, 5.41) is 9.62. The third kappa shape index (κ3) is 3.14. The van der Waals surface area contributed by atoms with E-state index >= 15 is 0 Å². The second kappa shape index (κ2) is 7.45. The number of fused-ring (bicyclic) bond motifs is 1. The molecule has 0 saturated carbocycles. The number of hydrogen-bond acceptors (Lipinski definition) is 4. The zero-order valence-corrected chi connectivity index (χ0v) is 15.6. The fraction of sp³-hybridized carbons (Fsp3) is 0.273. The summed E-state index contributed by atoms with van der Waals surface area (Å²) in [5.74, 6) is -0.458. The Morgan fingerprint density at radius 3 is 2.57 bits per heavy atom. The maximum atomic E-state index is 14.9. The molecule has 5 nitrogen and oxygen atoms in total. The van der Waals surface area contributed by atoms with Crippen LogP contribution in [0.5, 0.6) is 0 Å². The average Bonchev–Trinajstić information content (AvgIpc) is 2.75. The lowest BCUT2D eigenvalue weighted by atomic mass is 10.0. The van der Waals surface area contributed by atoms with Gasteiger partial charge in [-0.05, 0) is 24.6 Å². The first-order chi connectivity index (χ1) is 13.6. The van der Waals surface area contributed by atoms with Crippen molar-refractivity contribution in [2.24, 2.45) is 0 Å². The highest BCUT2D eigenvalue weighted by atomic mass is 19.1. The van der Waals surface area contributed by atoms with Crippen molar-refractivity contribution in [3.8, 4) is 6.07 Å². The minimum Gasteiger partial charge on any atom is -0.378 e. The van der Waals surface area contributed by atoms with Gasteiger partial charge in [0.1, 0.15) is 17.4 Å². The van der Waals surface area contributed by atoms with E-state index in [1.807, 2.05) is 52.8 Å². The Morgan fingerprint density at radius 1 is 1.18 bits per heavy atom. The highest BCUT2D eigenvalue weighted by Gasteiger charge is 2.20. The Labute approximate surface area is 162 Å². The molecule has 1 aliphatic rings. The SMILES string of the molecule is C[C@H](c1ccccc1)n1cc(C#N)c(=O)c2cc(F)c(N3CCOCC3)cc21. The molecule has 6 heteroatoms. The number of nitrogens with zero attached hydrogens (tertiary/aromatic N) is 3. The number of nitriles is 1. The largest absolute Gasteiger partial charge is 0.378 e. The third-order valence-corrected chi connectivity index (χ3v) is 5.27. The summed E-state index contributed by atoms with van der Waals surface area (Å²) in [6.45, 7) is 4.27. The molecule has 0 radical (unpaired) electrons. The monoisotopic (exact) mass is 377 g/mol. The lowest BCUT2D eigenvalue weighted by Crippen LogP contribution is -2.36. The number of rotatable bonds is 3. The number of pyridine rings is 1. The summed E-state index contributed by atoms with van der Waals surface area (Å²) < 4.78 is 22.1. The predicted molar refractivity (Wildman–Crippen MR) is 106 cm³/mol. The molecule has 0 N–H and O–H groups in total. The lowest BCUT2D eigenvalue weighted by Gasteiger charge is -2.30. The van der Waals surface area contributed by atoms with Crippen LogP contribution in [0, 0.1) is 17.1 Å². The number of aromatic nitrogens is 1. The Morgan fingerprint density at radius 2 is 1.89 bits per heavy atom. The molecule has 1 fully saturated rings. The Bertz CT molecular complexity index is 1110. The van der Waals surface area contributed by atoms with Crippen molar-refractivity contribution in [2.45, 2.75) is 13.0 Å². The average molecular weight is 377 g/mol. The van der Waals surface area contributed by atoms with Crippen LogP contribution in [0.1, 0.15) is 24.1 Å². The van der Waals surface area contributed by atoms with E-state index in [1.54, 1.807) is 12.3 Å². The van der Waals surface area contributed by atoms with Crippen molar-refractivity contribution in [3.05, 3.63) is 75.8 Å². The van der Waals surface area contributed by atoms with Crippen LogP contribution in [0.25, 0.3) is 10.9 Å². The summed E-state index contributed by atoms with van der Waals surface area (Å²) in [5.41, 5.74) is 1.67. The second-order valence-corrected chi connectivity index (χ2v) is 6.90. The van der Waals surface area contributed by atoms with Gasteiger partial charge in [-0.1, -0.05) is 30.3 Å². The fourth-order valence-electron chi connectivity index (χ4n) is 3.70. The maximum Gasteiger partial charge on any atom is 0.207 e. The van der Waals surface area contributed by atoms with Crippen molar-refractivity contribution < 1.29 is 9.13 Å². The molecule has 142 valence electrons. The highest BCUT2D eigenvalue weighted by molar-refractivity contribution is 5.84. The van der Waals surface area contributed by atoms with Gasteiger partial charge in [0.15, 0.2) is 0 Å². The van der Waals surface area contributed by atoms with Crippen LogP contribution < -0.4 is 10.3 Å². The fourth-order valence-corrected chi connectivity index (χ4v) is 3.70. The molecule has 1 saturated heterocycles. The quantitative estimate of drug-likeness (QED) is 0.701. The molecule has 1 aliphatic heterocycles. The van der Waals surface area contributed by atoms with E-state index in [9.17, 15) is 14.4 Å². The number of ether oxygens (including phenoxy) is 1. The first kappa shape index (κ1) is 18.2. The number of morpholine rings is 1. The molecule has 0 amide bonds. The van der Waals surface area contributed by atoms with Gasteiger partial charge >= 0.3 is 0 Å². The van der Waals surface area contributed by atoms with Crippen molar-refractivity contribution in [1.82, 2.24) is 4.57 Å². The van der Waals surface area contributed by atoms with E-state index in [0.29, 0.717) is 37.5 Å². The zero-order chi connectivity index (χ0) is 19.7. The van der Waals surface area contributed by atoms with E-state index in [-0.39, 0.29) is 17.0 Å². The van der Waals surface area contributed by atoms with E-state index < -0.39 is 11.2 Å². The molecular formula is C22H20FN3O2. The van der Waals surface area contributed by atoms with Crippen molar-refractivity contribution in [2.75, 3.05) is 31.2 Å². The second-order valence-electron chi connectivity index (χ2n) is 6.90. The van der Waals surface area contributed by atoms with Gasteiger partial charge in [0, 0.05) is 19.3 Å². The highest BCUT2D eigenvalue weighted by Crippen LogP contribution is 2.29. The normalized spacial score (nSPS) is 15.4. The Hall–Kier alpha value is -3.17. The molecule has 28 heavy (non-hydrogen) atoms. The van der Waals surface area contributed by atoms with E-state index in [0.717, 1.165) is 5.56 Å². The van der Waals surface area contributed by atoms with Gasteiger partial charge in [0.05, 0.1) is 35.8 Å². The molecule has 2 aromatic carbocycles. The van der Waals surface area contributed by atoms with Crippen LogP contribution in [-0.4, -0.2) is 30.9 Å². The van der Waals surface area contributed by atoms with Crippen LogP contribution >= 0.6 is 0 Å². The van der Waals surface area contributed by atoms with Crippen LogP contribution in [0.15, 0.2) is 53.5 Å². The molecule has 1 aromatic heterocycles. The topological polar surface area (TPSA) is 58.3 Å². The van der Waals surface area contributed by atoms with Gasteiger partial charge in [0.2, 0.25) is 5.43 Å². The first-order valence-corrected chi connectivity index (χ1v) is 9.26. The van der Waals surface area contributed by atoms with Gasteiger partial charge in [-0.25, -0.2) is 4.39 Å². The Balaban J connectivity index is 1.95. The van der Waals surface area contributed by atoms with Gasteiger partial charge in [0.25, 0.3) is 0 Å². The summed E-state index contributed by atoms with van der Waals surface area (Å²) in [7, 11) is 0. The molecule has 0 bridgehead atoms. The van der Waals surface area contributed by atoms with Gasteiger partial charge in [-0.2, -0.15) is 5.26 Å². The minimum absolute atomic E-state index is 0.00815. The van der Waals surface area contributed by atoms with Gasteiger partial charge in [-0.3, -0.25) is 4.79 Å². The van der Waals surface area contributed by atoms with Crippen LogP contribution in [0.2, 0.25) is 0 Å². The molecule has 3 aromatic rings. The molecule has 0 aliphatic carbocycles. The zero-order valence-electron chi connectivity index (χ0n) is 15.6. The van der Waals surface area contributed by atoms with Crippen molar-refractivity contribution in [1.29, 1.82) is 5.26 Å². The van der Waals surface area contributed by atoms with Gasteiger partial charge in [-0.15, -0.1) is 0 Å². The number of benzene rings is 2. The maximum absolute atomic E-state index is 14.9. The number of hydrogen-bond donors (Lipinski definition) is 0. The van der Waals surface area contributed by atoms with Crippen molar-refractivity contribution in [3.63, 3.8) is 0 Å². The molecule has 0 unspecified atom stereocenters. The molecule has 1 atom stereocenters. The number of anilines is 1. The van der Waals surface area contributed by atoms with E-state index in [4.69, 9.17) is 4.74 Å². The van der Waals surface area contributed by atoms with Crippen LogP contribution in [-0.2, 0) is 4.74 Å². The number of halogens is 1. The molecular weight excluding hydrogens is 357 g/mol. The van der Waals surface area contributed by atoms with Crippen molar-refractivity contribution >= 4 is 16.6 Å². The Kier molecular flexibility index (Phi) is 4.84. The molecule has 2 heterocycles. The van der Waals surface area contributed by atoms with Gasteiger partial charge < -0.3 is 14.2 Å². The van der Waals surface area contributed by atoms with Crippen LogP contribution in [0.4, 0.5) is 10.1 Å². The summed E-state index contributed by atoms with van der Waals surface area (Å²) in [6, 6.07) is 14.6. The smallest absolute Gasteiger partial charge is 0.207 e. The predicted octanol–water partition coefficient (Wildman–Crippen LogP) is 3.46. The summed E-state index contributed by atoms with van der Waals surface area (Å²) in [6.07, 6.45) is 1.57. The summed E-state index contributed by atoms with van der Waals surface area (Å²) >= 11 is 0. The molecule has 4 rings (SSSR count). The minimum atomic E-state index is -0.458. The first-order valence-electron chi connectivity index (χ1n) is 9.26. The van der Waals surface area contributed by atoms with E-state index in [2.05, 4.69) is 0 Å². The standard InChI is InChI=1S/C22H20FN3O2/c1-15(16-5-3-2-4-6-16)26-14-17(13-24)22(27)18-11-19(23)21(12-20(18)26)25-7-9-28-10-8-25/h2-6,11-12,14-15H,7-10H2,1H3/t15-/m1/s1. The lowest BCUT2D eigenvalue weighted by molar-refractivity contribution is 0.122.